The van der Waals surface area contributed by atoms with Gasteiger partial charge in [-0.3, -0.25) is 4.90 Å². The topological polar surface area (TPSA) is 62.5 Å². The van der Waals surface area contributed by atoms with E-state index in [1.165, 1.54) is 5.56 Å². The van der Waals surface area contributed by atoms with Crippen LogP contribution in [0.25, 0.3) is 0 Å². The van der Waals surface area contributed by atoms with Crippen LogP contribution in [0.15, 0.2) is 18.3 Å². The highest BCUT2D eigenvalue weighted by Gasteiger charge is 2.18. The van der Waals surface area contributed by atoms with Crippen molar-refractivity contribution in [3.63, 3.8) is 0 Å². The van der Waals surface area contributed by atoms with Crippen LogP contribution in [0.1, 0.15) is 5.56 Å². The van der Waals surface area contributed by atoms with E-state index in [9.17, 15) is 4.21 Å². The smallest absolute Gasteiger partial charge is 0.123 e. The summed E-state index contributed by atoms with van der Waals surface area (Å²) in [4.78, 5) is 6.32. The monoisotopic (exact) mass is 254 g/mol. The summed E-state index contributed by atoms with van der Waals surface area (Å²) >= 11 is 0. The van der Waals surface area contributed by atoms with Gasteiger partial charge in [-0.2, -0.15) is 0 Å². The molecule has 1 aliphatic heterocycles. The van der Waals surface area contributed by atoms with Gasteiger partial charge >= 0.3 is 0 Å². The molecule has 1 aromatic rings. The van der Waals surface area contributed by atoms with Crippen LogP contribution in [0, 0.1) is 0 Å². The molecule has 0 aliphatic carbocycles. The zero-order chi connectivity index (χ0) is 12.3. The van der Waals surface area contributed by atoms with Crippen LogP contribution in [-0.4, -0.2) is 50.8 Å². The molecule has 0 amide bonds. The summed E-state index contributed by atoms with van der Waals surface area (Å²) in [6.45, 7) is 4.51. The van der Waals surface area contributed by atoms with Crippen molar-refractivity contribution >= 4 is 16.8 Å². The summed E-state index contributed by atoms with van der Waals surface area (Å²) in [6, 6.07) is 3.89. The van der Waals surface area contributed by atoms with Crippen molar-refractivity contribution in [2.24, 2.45) is 0 Å². The van der Waals surface area contributed by atoms with Crippen LogP contribution in [0.2, 0.25) is 0 Å². The lowest BCUT2D eigenvalue weighted by molar-refractivity contribution is 0.186. The third-order valence-electron chi connectivity index (χ3n) is 2.95. The van der Waals surface area contributed by atoms with Crippen LogP contribution in [0.3, 0.4) is 0 Å². The third-order valence-corrected chi connectivity index (χ3v) is 4.04. The molecule has 17 heavy (non-hydrogen) atoms. The van der Waals surface area contributed by atoms with Gasteiger partial charge in [0.25, 0.3) is 0 Å². The fraction of sp³-hybridized carbons (Fsp3) is 0.545. The molecule has 94 valence electrons. The largest absolute Gasteiger partial charge is 0.384 e. The Bertz CT molecular complexity index is 404. The van der Waals surface area contributed by atoms with Crippen molar-refractivity contribution in [1.29, 1.82) is 0 Å². The summed E-state index contributed by atoms with van der Waals surface area (Å²) in [7, 11) is -0.840. The van der Waals surface area contributed by atoms with Gasteiger partial charge in [-0.1, -0.05) is 0 Å². The summed E-state index contributed by atoms with van der Waals surface area (Å²) < 4.78 is 13.3. The van der Waals surface area contributed by atoms with Crippen LogP contribution >= 0.6 is 0 Å². The average molecular weight is 254 g/mol. The number of rotatable bonds is 3. The number of pyridine rings is 1. The maximum absolute atomic E-state index is 11.3. The molecule has 0 radical (unpaired) electrons. The maximum atomic E-state index is 11.3. The minimum Gasteiger partial charge on any atom is -0.384 e. The molecule has 1 fully saturated rings. The highest BCUT2D eigenvalue weighted by Crippen LogP contribution is 2.10. The first kappa shape index (κ1) is 12.5. The quantitative estimate of drug-likeness (QED) is 0.829. The number of nitrogens with two attached hydrogens (primary N) is 1. The van der Waals surface area contributed by atoms with Crippen LogP contribution in [-0.2, 0) is 17.5 Å². The van der Waals surface area contributed by atoms with Gasteiger partial charge in [0.1, 0.15) is 5.82 Å². The molecule has 6 heteroatoms. The number of hydrogen-bond donors (Lipinski definition) is 1. The molecule has 1 aromatic heterocycles. The first-order valence-corrected chi connectivity index (χ1v) is 7.18. The van der Waals surface area contributed by atoms with Gasteiger partial charge in [0, 0.05) is 45.2 Å². The summed E-state index contributed by atoms with van der Waals surface area (Å²) in [6.07, 6.45) is 3.47. The Morgan fingerprint density at radius 1 is 1.41 bits per heavy atom. The number of aromatic nitrogens is 1. The zero-order valence-electron chi connectivity index (χ0n) is 10.0. The highest BCUT2D eigenvalue weighted by atomic mass is 32.2. The molecule has 2 N–H and O–H groups in total. The Kier molecular flexibility index (Phi) is 4.09. The van der Waals surface area contributed by atoms with Crippen LogP contribution in [0.4, 0.5) is 5.82 Å². The Hall–Kier alpha value is -0.980. The molecule has 1 saturated heterocycles. The molecule has 1 atom stereocenters. The van der Waals surface area contributed by atoms with Crippen molar-refractivity contribution in [1.82, 2.24) is 14.2 Å². The minimum absolute atomic E-state index is 0.566. The summed E-state index contributed by atoms with van der Waals surface area (Å²) in [5.74, 6) is 0.566. The molecule has 5 nitrogen and oxygen atoms in total. The molecule has 1 aliphatic rings. The van der Waals surface area contributed by atoms with Crippen molar-refractivity contribution in [3.8, 4) is 0 Å². The van der Waals surface area contributed by atoms with Crippen molar-refractivity contribution in [2.45, 2.75) is 6.54 Å². The lowest BCUT2D eigenvalue weighted by atomic mass is 10.2. The lowest BCUT2D eigenvalue weighted by Crippen LogP contribution is -2.46. The van der Waals surface area contributed by atoms with E-state index in [1.807, 2.05) is 16.4 Å². The normalized spacial score (nSPS) is 20.3. The zero-order valence-corrected chi connectivity index (χ0v) is 10.8. The Labute approximate surface area is 104 Å². The number of piperazine rings is 1. The molecule has 0 aromatic carbocycles. The lowest BCUT2D eigenvalue weighted by Gasteiger charge is -2.32. The van der Waals surface area contributed by atoms with Crippen molar-refractivity contribution in [2.75, 3.05) is 38.2 Å². The highest BCUT2D eigenvalue weighted by molar-refractivity contribution is 7.81. The van der Waals surface area contributed by atoms with Gasteiger partial charge in [0.05, 0.1) is 11.0 Å². The van der Waals surface area contributed by atoms with E-state index in [-0.39, 0.29) is 0 Å². The molecule has 2 heterocycles. The predicted molar refractivity (Wildman–Crippen MR) is 69.6 cm³/mol. The van der Waals surface area contributed by atoms with Crippen molar-refractivity contribution < 1.29 is 4.21 Å². The molecule has 2 rings (SSSR count). The van der Waals surface area contributed by atoms with Crippen LogP contribution < -0.4 is 5.73 Å². The summed E-state index contributed by atoms with van der Waals surface area (Å²) in [5, 5.41) is 0. The van der Waals surface area contributed by atoms with E-state index in [0.717, 1.165) is 32.7 Å². The van der Waals surface area contributed by atoms with Gasteiger partial charge < -0.3 is 5.73 Å². The van der Waals surface area contributed by atoms with E-state index in [2.05, 4.69) is 9.88 Å². The van der Waals surface area contributed by atoms with Gasteiger partial charge in [-0.15, -0.1) is 0 Å². The molecular weight excluding hydrogens is 236 g/mol. The summed E-state index contributed by atoms with van der Waals surface area (Å²) in [5.41, 5.74) is 6.83. The molecule has 0 spiro atoms. The van der Waals surface area contributed by atoms with Gasteiger partial charge in [-0.05, 0) is 17.7 Å². The van der Waals surface area contributed by atoms with Gasteiger partial charge in [0.15, 0.2) is 0 Å². The fourth-order valence-corrected chi connectivity index (χ4v) is 2.67. The first-order chi connectivity index (χ1) is 8.15. The van der Waals surface area contributed by atoms with Crippen LogP contribution in [0.5, 0.6) is 0 Å². The van der Waals surface area contributed by atoms with Gasteiger partial charge in [-0.25, -0.2) is 13.5 Å². The van der Waals surface area contributed by atoms with E-state index in [4.69, 9.17) is 5.73 Å². The fourth-order valence-electron chi connectivity index (χ4n) is 2.00. The standard InChI is InChI=1S/C11H18N4OS/c1-17(16)15-6-4-14(5-7-15)9-10-2-3-13-11(12)8-10/h2-3,8H,4-7,9H2,1H3,(H2,12,13). The SMILES string of the molecule is CS(=O)N1CCN(Cc2ccnc(N)c2)CC1. The Morgan fingerprint density at radius 2 is 2.12 bits per heavy atom. The number of nitrogens with zero attached hydrogens (tertiary/aromatic N) is 3. The predicted octanol–water partition coefficient (Wildman–Crippen LogP) is 0.0749. The Balaban J connectivity index is 1.88. The molecule has 0 bridgehead atoms. The van der Waals surface area contributed by atoms with E-state index < -0.39 is 11.0 Å². The van der Waals surface area contributed by atoms with E-state index in [0.29, 0.717) is 5.82 Å². The maximum Gasteiger partial charge on any atom is 0.123 e. The molecular formula is C11H18N4OS. The third kappa shape index (κ3) is 3.49. The second-order valence-corrected chi connectivity index (χ2v) is 5.58. The van der Waals surface area contributed by atoms with E-state index in [1.54, 1.807) is 12.5 Å². The number of nitrogen functional groups attached to an aromatic ring is 1. The van der Waals surface area contributed by atoms with E-state index >= 15 is 0 Å². The molecule has 1 unspecified atom stereocenters. The number of hydrogen-bond acceptors (Lipinski definition) is 4. The average Bonchev–Trinajstić information content (AvgIpc) is 2.29. The Morgan fingerprint density at radius 3 is 2.71 bits per heavy atom. The first-order valence-electron chi connectivity index (χ1n) is 5.66. The second-order valence-electron chi connectivity index (χ2n) is 4.22. The minimum atomic E-state index is -0.840. The molecule has 0 saturated carbocycles. The number of anilines is 1. The second kappa shape index (κ2) is 5.57. The van der Waals surface area contributed by atoms with Crippen molar-refractivity contribution in [3.05, 3.63) is 23.9 Å². The van der Waals surface area contributed by atoms with Gasteiger partial charge in [0.2, 0.25) is 0 Å².